The second kappa shape index (κ2) is 7.84. The van der Waals surface area contributed by atoms with Crippen LogP contribution in [0.25, 0.3) is 0 Å². The first-order valence-corrected chi connectivity index (χ1v) is 7.51. The fraction of sp³-hybridized carbons (Fsp3) is 0.600. The average molecular weight is 299 g/mol. The number of hydrogen-bond acceptors (Lipinski definition) is 4. The van der Waals surface area contributed by atoms with E-state index >= 15 is 0 Å². The van der Waals surface area contributed by atoms with Gasteiger partial charge in [-0.3, -0.25) is 0 Å². The molecule has 1 atom stereocenters. The summed E-state index contributed by atoms with van der Waals surface area (Å²) in [6, 6.07) is 8.07. The molecule has 0 radical (unpaired) electrons. The Morgan fingerprint density at radius 3 is 2.90 bits per heavy atom. The number of ether oxygens (including phenoxy) is 1. The van der Waals surface area contributed by atoms with Crippen molar-refractivity contribution < 1.29 is 9.84 Å². The molecule has 112 valence electrons. The molecule has 20 heavy (non-hydrogen) atoms. The number of rotatable bonds is 9. The molecule has 1 aliphatic carbocycles. The van der Waals surface area contributed by atoms with E-state index in [0.717, 1.165) is 19.1 Å². The topological polar surface area (TPSA) is 44.7 Å². The van der Waals surface area contributed by atoms with Crippen molar-refractivity contribution in [2.45, 2.75) is 25.0 Å². The molecule has 0 spiro atoms. The average Bonchev–Trinajstić information content (AvgIpc) is 3.27. The van der Waals surface area contributed by atoms with Gasteiger partial charge in [0.2, 0.25) is 0 Å². The van der Waals surface area contributed by atoms with Crippen molar-refractivity contribution in [1.82, 2.24) is 10.2 Å². The van der Waals surface area contributed by atoms with E-state index in [1.807, 2.05) is 12.1 Å². The summed E-state index contributed by atoms with van der Waals surface area (Å²) in [4.78, 5) is 2.36. The van der Waals surface area contributed by atoms with Crippen molar-refractivity contribution in [3.05, 3.63) is 29.3 Å². The second-order valence-electron chi connectivity index (χ2n) is 5.31. The Kier molecular flexibility index (Phi) is 6.10. The Morgan fingerprint density at radius 1 is 1.45 bits per heavy atom. The van der Waals surface area contributed by atoms with Crippen LogP contribution in [0, 0.1) is 0 Å². The molecule has 0 aliphatic heterocycles. The molecule has 5 heteroatoms. The number of para-hydroxylation sites is 1. The summed E-state index contributed by atoms with van der Waals surface area (Å²) >= 11 is 5.98. The van der Waals surface area contributed by atoms with E-state index in [1.165, 1.54) is 12.8 Å². The van der Waals surface area contributed by atoms with Crippen LogP contribution < -0.4 is 10.1 Å². The Hall–Kier alpha value is -0.810. The minimum atomic E-state index is -0.530. The van der Waals surface area contributed by atoms with E-state index in [2.05, 4.69) is 17.3 Å². The van der Waals surface area contributed by atoms with Crippen molar-refractivity contribution in [2.24, 2.45) is 0 Å². The molecule has 1 saturated carbocycles. The van der Waals surface area contributed by atoms with Gasteiger partial charge in [-0.25, -0.2) is 0 Å². The van der Waals surface area contributed by atoms with Crippen molar-refractivity contribution in [2.75, 3.05) is 33.3 Å². The molecule has 1 unspecified atom stereocenters. The maximum atomic E-state index is 9.84. The van der Waals surface area contributed by atoms with E-state index in [4.69, 9.17) is 16.3 Å². The lowest BCUT2D eigenvalue weighted by Crippen LogP contribution is -2.36. The SMILES string of the molecule is CN(CCNCC(O)COc1ccccc1Cl)C1CC1. The number of nitrogens with zero attached hydrogens (tertiary/aromatic N) is 1. The van der Waals surface area contributed by atoms with Crippen molar-refractivity contribution >= 4 is 11.6 Å². The van der Waals surface area contributed by atoms with Gasteiger partial charge in [-0.1, -0.05) is 23.7 Å². The summed E-state index contributed by atoms with van der Waals surface area (Å²) < 4.78 is 5.49. The maximum Gasteiger partial charge on any atom is 0.138 e. The van der Waals surface area contributed by atoms with Crippen LogP contribution >= 0.6 is 11.6 Å². The Bertz CT molecular complexity index is 413. The zero-order chi connectivity index (χ0) is 14.4. The predicted octanol–water partition coefficient (Wildman–Crippen LogP) is 1.76. The van der Waals surface area contributed by atoms with Crippen LogP contribution in [0.4, 0.5) is 0 Å². The van der Waals surface area contributed by atoms with Crippen molar-refractivity contribution in [3.8, 4) is 5.75 Å². The van der Waals surface area contributed by atoms with Crippen molar-refractivity contribution in [3.63, 3.8) is 0 Å². The van der Waals surface area contributed by atoms with Crippen LogP contribution in [-0.4, -0.2) is 55.4 Å². The molecule has 0 aromatic heterocycles. The minimum Gasteiger partial charge on any atom is -0.489 e. The van der Waals surface area contributed by atoms with Gasteiger partial charge in [0.25, 0.3) is 0 Å². The summed E-state index contributed by atoms with van der Waals surface area (Å²) in [5, 5.41) is 13.7. The van der Waals surface area contributed by atoms with Gasteiger partial charge in [-0.15, -0.1) is 0 Å². The van der Waals surface area contributed by atoms with Gasteiger partial charge in [-0.05, 0) is 32.0 Å². The van der Waals surface area contributed by atoms with Gasteiger partial charge < -0.3 is 20.1 Å². The van der Waals surface area contributed by atoms with Crippen LogP contribution in [0.3, 0.4) is 0 Å². The van der Waals surface area contributed by atoms with Crippen LogP contribution in [0.1, 0.15) is 12.8 Å². The third kappa shape index (κ3) is 5.29. The van der Waals surface area contributed by atoms with Gasteiger partial charge in [-0.2, -0.15) is 0 Å². The predicted molar refractivity (Wildman–Crippen MR) is 81.5 cm³/mol. The monoisotopic (exact) mass is 298 g/mol. The zero-order valence-corrected chi connectivity index (χ0v) is 12.6. The van der Waals surface area contributed by atoms with Crippen LogP contribution in [0.2, 0.25) is 5.02 Å². The molecule has 2 N–H and O–H groups in total. The highest BCUT2D eigenvalue weighted by molar-refractivity contribution is 6.32. The molecule has 0 heterocycles. The Labute approximate surface area is 125 Å². The smallest absolute Gasteiger partial charge is 0.138 e. The number of halogens is 1. The number of aliphatic hydroxyl groups excluding tert-OH is 1. The summed E-state index contributed by atoms with van der Waals surface area (Å²) in [5.41, 5.74) is 0. The minimum absolute atomic E-state index is 0.245. The molecule has 1 aromatic carbocycles. The lowest BCUT2D eigenvalue weighted by molar-refractivity contribution is 0.106. The van der Waals surface area contributed by atoms with Gasteiger partial charge in [0.15, 0.2) is 0 Å². The first-order chi connectivity index (χ1) is 9.66. The van der Waals surface area contributed by atoms with Crippen LogP contribution in [-0.2, 0) is 0 Å². The first kappa shape index (κ1) is 15.6. The molecule has 1 aliphatic rings. The largest absolute Gasteiger partial charge is 0.489 e. The maximum absolute atomic E-state index is 9.84. The van der Waals surface area contributed by atoms with Gasteiger partial charge in [0, 0.05) is 25.7 Å². The molecule has 0 amide bonds. The highest BCUT2D eigenvalue weighted by Crippen LogP contribution is 2.24. The van der Waals surface area contributed by atoms with E-state index in [0.29, 0.717) is 17.3 Å². The zero-order valence-electron chi connectivity index (χ0n) is 11.9. The summed E-state index contributed by atoms with van der Waals surface area (Å²) in [5.74, 6) is 0.613. The van der Waals surface area contributed by atoms with Gasteiger partial charge >= 0.3 is 0 Å². The molecule has 4 nitrogen and oxygen atoms in total. The third-order valence-corrected chi connectivity index (χ3v) is 3.77. The number of aliphatic hydroxyl groups is 1. The normalized spacial score (nSPS) is 16.4. The number of nitrogens with one attached hydrogen (secondary N) is 1. The van der Waals surface area contributed by atoms with E-state index in [1.54, 1.807) is 12.1 Å². The fourth-order valence-corrected chi connectivity index (χ4v) is 2.22. The van der Waals surface area contributed by atoms with Gasteiger partial charge in [0.05, 0.1) is 5.02 Å². The molecule has 0 bridgehead atoms. The number of benzene rings is 1. The molecule has 1 fully saturated rings. The number of likely N-dealkylation sites (N-methyl/N-ethyl adjacent to an activating group) is 1. The molecular formula is C15H23ClN2O2. The van der Waals surface area contributed by atoms with Gasteiger partial charge in [0.1, 0.15) is 18.5 Å². The highest BCUT2D eigenvalue weighted by Gasteiger charge is 2.25. The third-order valence-electron chi connectivity index (χ3n) is 3.46. The molecule has 0 saturated heterocycles. The van der Waals surface area contributed by atoms with E-state index in [9.17, 15) is 5.11 Å². The lowest BCUT2D eigenvalue weighted by Gasteiger charge is -2.17. The quantitative estimate of drug-likeness (QED) is 0.682. The number of hydrogen-bond donors (Lipinski definition) is 2. The van der Waals surface area contributed by atoms with E-state index in [-0.39, 0.29) is 6.61 Å². The van der Waals surface area contributed by atoms with E-state index < -0.39 is 6.10 Å². The van der Waals surface area contributed by atoms with Crippen LogP contribution in [0.15, 0.2) is 24.3 Å². The Morgan fingerprint density at radius 2 is 2.20 bits per heavy atom. The summed E-state index contributed by atoms with van der Waals surface area (Å²) in [6.45, 7) is 2.68. The summed E-state index contributed by atoms with van der Waals surface area (Å²) in [6.07, 6.45) is 2.12. The second-order valence-corrected chi connectivity index (χ2v) is 5.72. The fourth-order valence-electron chi connectivity index (χ4n) is 2.03. The lowest BCUT2D eigenvalue weighted by atomic mass is 10.3. The first-order valence-electron chi connectivity index (χ1n) is 7.13. The Balaban J connectivity index is 1.56. The van der Waals surface area contributed by atoms with Crippen LogP contribution in [0.5, 0.6) is 5.75 Å². The highest BCUT2D eigenvalue weighted by atomic mass is 35.5. The molecular weight excluding hydrogens is 276 g/mol. The molecule has 1 aromatic rings. The molecule has 2 rings (SSSR count). The summed E-state index contributed by atoms with van der Waals surface area (Å²) in [7, 11) is 2.15. The van der Waals surface area contributed by atoms with Crippen molar-refractivity contribution in [1.29, 1.82) is 0 Å². The standard InChI is InChI=1S/C15H23ClN2O2/c1-18(12-6-7-12)9-8-17-10-13(19)11-20-15-5-3-2-4-14(15)16/h2-5,12-13,17,19H,6-11H2,1H3.